The molecule has 3 nitrogen and oxygen atoms in total. The van der Waals surface area contributed by atoms with Crippen molar-refractivity contribution in [2.45, 2.75) is 26.9 Å². The second-order valence-electron chi connectivity index (χ2n) is 5.03. The van der Waals surface area contributed by atoms with Crippen LogP contribution in [-0.4, -0.2) is 12.0 Å². The van der Waals surface area contributed by atoms with Crippen molar-refractivity contribution in [2.24, 2.45) is 0 Å². The van der Waals surface area contributed by atoms with Gasteiger partial charge < -0.3 is 10.1 Å². The van der Waals surface area contributed by atoms with Gasteiger partial charge in [-0.1, -0.05) is 23.7 Å². The van der Waals surface area contributed by atoms with Gasteiger partial charge in [0.05, 0.1) is 0 Å². The molecule has 1 unspecified atom stereocenters. The summed E-state index contributed by atoms with van der Waals surface area (Å²) in [5, 5.41) is 3.50. The van der Waals surface area contributed by atoms with Crippen molar-refractivity contribution in [3.8, 4) is 5.75 Å². The first-order chi connectivity index (χ1) is 9.95. The maximum Gasteiger partial charge on any atom is 0.265 e. The number of anilines is 1. The van der Waals surface area contributed by atoms with Crippen LogP contribution >= 0.6 is 11.6 Å². The number of hydrogen-bond donors (Lipinski definition) is 1. The molecule has 0 aliphatic heterocycles. The summed E-state index contributed by atoms with van der Waals surface area (Å²) >= 11 is 5.90. The molecule has 0 aliphatic carbocycles. The zero-order valence-electron chi connectivity index (χ0n) is 12.3. The van der Waals surface area contributed by atoms with Crippen LogP contribution < -0.4 is 10.1 Å². The summed E-state index contributed by atoms with van der Waals surface area (Å²) in [5.41, 5.74) is 2.75. The standard InChI is InChI=1S/C17H18ClNO2/c1-11-5-4-6-15(9-11)21-13(3)17(20)19-16-8-7-14(18)10-12(16)2/h4-10,13H,1-3H3,(H,19,20). The van der Waals surface area contributed by atoms with Gasteiger partial charge in [0.15, 0.2) is 6.10 Å². The lowest BCUT2D eigenvalue weighted by molar-refractivity contribution is -0.122. The molecule has 0 spiro atoms. The van der Waals surface area contributed by atoms with Gasteiger partial charge in [-0.3, -0.25) is 4.79 Å². The van der Waals surface area contributed by atoms with E-state index in [1.54, 1.807) is 19.1 Å². The molecule has 110 valence electrons. The average molecular weight is 304 g/mol. The summed E-state index contributed by atoms with van der Waals surface area (Å²) in [6.07, 6.45) is -0.582. The number of halogens is 1. The van der Waals surface area contributed by atoms with Gasteiger partial charge in [-0.05, 0) is 62.2 Å². The number of ether oxygens (including phenoxy) is 1. The minimum Gasteiger partial charge on any atom is -0.481 e. The SMILES string of the molecule is Cc1cccc(OC(C)C(=O)Nc2ccc(Cl)cc2C)c1. The summed E-state index contributed by atoms with van der Waals surface area (Å²) in [5.74, 6) is 0.493. The van der Waals surface area contributed by atoms with Crippen molar-refractivity contribution >= 4 is 23.2 Å². The summed E-state index contributed by atoms with van der Waals surface area (Å²) in [6, 6.07) is 13.0. The third kappa shape index (κ3) is 4.23. The Hall–Kier alpha value is -2.00. The van der Waals surface area contributed by atoms with Crippen LogP contribution in [0.2, 0.25) is 5.02 Å². The average Bonchev–Trinajstić information content (AvgIpc) is 2.41. The fourth-order valence-electron chi connectivity index (χ4n) is 1.95. The molecule has 21 heavy (non-hydrogen) atoms. The highest BCUT2D eigenvalue weighted by Crippen LogP contribution is 2.20. The van der Waals surface area contributed by atoms with E-state index in [1.807, 2.05) is 44.2 Å². The van der Waals surface area contributed by atoms with E-state index in [1.165, 1.54) is 0 Å². The van der Waals surface area contributed by atoms with Gasteiger partial charge in [0.25, 0.3) is 5.91 Å². The molecule has 0 bridgehead atoms. The summed E-state index contributed by atoms with van der Waals surface area (Å²) < 4.78 is 5.65. The molecule has 0 fully saturated rings. The van der Waals surface area contributed by atoms with Gasteiger partial charge >= 0.3 is 0 Å². The first-order valence-electron chi connectivity index (χ1n) is 6.76. The van der Waals surface area contributed by atoms with Crippen molar-refractivity contribution in [1.82, 2.24) is 0 Å². The van der Waals surface area contributed by atoms with Crippen molar-refractivity contribution in [3.63, 3.8) is 0 Å². The maximum absolute atomic E-state index is 12.2. The molecule has 0 saturated heterocycles. The van der Waals surface area contributed by atoms with Crippen LogP contribution in [0.25, 0.3) is 0 Å². The van der Waals surface area contributed by atoms with Gasteiger partial charge in [-0.15, -0.1) is 0 Å². The normalized spacial score (nSPS) is 11.8. The molecule has 4 heteroatoms. The van der Waals surface area contributed by atoms with E-state index in [0.717, 1.165) is 16.8 Å². The Bertz CT molecular complexity index is 655. The number of nitrogens with one attached hydrogen (secondary N) is 1. The molecule has 0 radical (unpaired) electrons. The molecule has 1 amide bonds. The Labute approximate surface area is 129 Å². The zero-order valence-corrected chi connectivity index (χ0v) is 13.1. The highest BCUT2D eigenvalue weighted by molar-refractivity contribution is 6.30. The fraction of sp³-hybridized carbons (Fsp3) is 0.235. The minimum atomic E-state index is -0.582. The third-order valence-corrected chi connectivity index (χ3v) is 3.35. The summed E-state index contributed by atoms with van der Waals surface area (Å²) in [4.78, 5) is 12.2. The van der Waals surface area contributed by atoms with E-state index >= 15 is 0 Å². The number of aryl methyl sites for hydroxylation is 2. The monoisotopic (exact) mass is 303 g/mol. The fourth-order valence-corrected chi connectivity index (χ4v) is 2.17. The number of benzene rings is 2. The molecule has 1 atom stereocenters. The summed E-state index contributed by atoms with van der Waals surface area (Å²) in [6.45, 7) is 5.60. The van der Waals surface area contributed by atoms with E-state index < -0.39 is 6.10 Å². The summed E-state index contributed by atoms with van der Waals surface area (Å²) in [7, 11) is 0. The Morgan fingerprint density at radius 3 is 2.62 bits per heavy atom. The Morgan fingerprint density at radius 2 is 1.95 bits per heavy atom. The molecule has 0 saturated carbocycles. The molecule has 1 N–H and O–H groups in total. The predicted molar refractivity (Wildman–Crippen MR) is 86.1 cm³/mol. The highest BCUT2D eigenvalue weighted by atomic mass is 35.5. The zero-order chi connectivity index (χ0) is 15.4. The first kappa shape index (κ1) is 15.4. The second kappa shape index (κ2) is 6.64. The van der Waals surface area contributed by atoms with Gasteiger partial charge in [0.2, 0.25) is 0 Å². The van der Waals surface area contributed by atoms with E-state index in [9.17, 15) is 4.79 Å². The lowest BCUT2D eigenvalue weighted by atomic mass is 10.2. The van der Waals surface area contributed by atoms with E-state index in [0.29, 0.717) is 10.8 Å². The number of hydrogen-bond acceptors (Lipinski definition) is 2. The molecule has 0 aliphatic rings. The van der Waals surface area contributed by atoms with Crippen LogP contribution in [0.15, 0.2) is 42.5 Å². The van der Waals surface area contributed by atoms with Crippen LogP contribution in [0.3, 0.4) is 0 Å². The van der Waals surface area contributed by atoms with Gasteiger partial charge in [-0.2, -0.15) is 0 Å². The predicted octanol–water partition coefficient (Wildman–Crippen LogP) is 4.36. The van der Waals surface area contributed by atoms with Crippen molar-refractivity contribution in [1.29, 1.82) is 0 Å². The number of carbonyl (C=O) groups is 1. The number of carbonyl (C=O) groups excluding carboxylic acids is 1. The molecule has 0 heterocycles. The molecular weight excluding hydrogens is 286 g/mol. The van der Waals surface area contributed by atoms with Crippen molar-refractivity contribution in [3.05, 3.63) is 58.6 Å². The van der Waals surface area contributed by atoms with E-state index in [-0.39, 0.29) is 5.91 Å². The van der Waals surface area contributed by atoms with Gasteiger partial charge in [0.1, 0.15) is 5.75 Å². The first-order valence-corrected chi connectivity index (χ1v) is 7.14. The van der Waals surface area contributed by atoms with Crippen LogP contribution in [0.5, 0.6) is 5.75 Å². The van der Waals surface area contributed by atoms with Crippen molar-refractivity contribution < 1.29 is 9.53 Å². The van der Waals surface area contributed by atoms with Crippen molar-refractivity contribution in [2.75, 3.05) is 5.32 Å². The largest absolute Gasteiger partial charge is 0.481 e. The molecule has 2 aromatic rings. The lowest BCUT2D eigenvalue weighted by Crippen LogP contribution is -2.30. The van der Waals surface area contributed by atoms with Crippen LogP contribution in [0.1, 0.15) is 18.1 Å². The Morgan fingerprint density at radius 1 is 1.19 bits per heavy atom. The Balaban J connectivity index is 2.02. The number of rotatable bonds is 4. The number of amides is 1. The van der Waals surface area contributed by atoms with Crippen LogP contribution in [-0.2, 0) is 4.79 Å². The highest BCUT2D eigenvalue weighted by Gasteiger charge is 2.15. The smallest absolute Gasteiger partial charge is 0.265 e. The van der Waals surface area contributed by atoms with Crippen LogP contribution in [0.4, 0.5) is 5.69 Å². The molecule has 0 aromatic heterocycles. The maximum atomic E-state index is 12.2. The quantitative estimate of drug-likeness (QED) is 0.911. The topological polar surface area (TPSA) is 38.3 Å². The third-order valence-electron chi connectivity index (χ3n) is 3.12. The van der Waals surface area contributed by atoms with Gasteiger partial charge in [-0.25, -0.2) is 0 Å². The van der Waals surface area contributed by atoms with Crippen LogP contribution in [0, 0.1) is 13.8 Å². The minimum absolute atomic E-state index is 0.193. The Kier molecular flexibility index (Phi) is 4.86. The second-order valence-corrected chi connectivity index (χ2v) is 5.46. The van der Waals surface area contributed by atoms with E-state index in [2.05, 4.69) is 5.32 Å². The lowest BCUT2D eigenvalue weighted by Gasteiger charge is -2.16. The molecule has 2 aromatic carbocycles. The molecule has 2 rings (SSSR count). The molecular formula is C17H18ClNO2. The van der Waals surface area contributed by atoms with Gasteiger partial charge in [0, 0.05) is 10.7 Å². The van der Waals surface area contributed by atoms with E-state index in [4.69, 9.17) is 16.3 Å².